The van der Waals surface area contributed by atoms with Crippen molar-refractivity contribution in [3.63, 3.8) is 0 Å². The van der Waals surface area contributed by atoms with Gasteiger partial charge in [0.1, 0.15) is 0 Å². The van der Waals surface area contributed by atoms with Crippen LogP contribution in [0.4, 0.5) is 5.69 Å². The summed E-state index contributed by atoms with van der Waals surface area (Å²) in [6.07, 6.45) is 2.69. The Morgan fingerprint density at radius 2 is 2.22 bits per heavy atom. The number of anilines is 1. The number of rotatable bonds is 7. The molecule has 0 unspecified atom stereocenters. The molecule has 1 aromatic rings. The predicted molar refractivity (Wildman–Crippen MR) is 78.8 cm³/mol. The third kappa shape index (κ3) is 3.97. The first kappa shape index (κ1) is 13.8. The largest absolute Gasteiger partial charge is 0.379 e. The first-order valence-corrected chi connectivity index (χ1v) is 7.27. The summed E-state index contributed by atoms with van der Waals surface area (Å²) >= 11 is 3.50. The van der Waals surface area contributed by atoms with Gasteiger partial charge in [-0.05, 0) is 36.5 Å². The number of nitrogens with two attached hydrogens (primary N) is 1. The van der Waals surface area contributed by atoms with E-state index >= 15 is 0 Å². The Balaban J connectivity index is 1.85. The first-order valence-electron chi connectivity index (χ1n) is 6.48. The van der Waals surface area contributed by atoms with Crippen LogP contribution in [0.1, 0.15) is 18.4 Å². The van der Waals surface area contributed by atoms with Crippen LogP contribution in [0.3, 0.4) is 0 Å². The lowest BCUT2D eigenvalue weighted by atomic mass is 10.1. The third-order valence-corrected chi connectivity index (χ3v) is 3.79. The summed E-state index contributed by atoms with van der Waals surface area (Å²) in [6.45, 7) is 3.17. The molecule has 0 amide bonds. The summed E-state index contributed by atoms with van der Waals surface area (Å²) in [5, 5.41) is 0. The zero-order valence-corrected chi connectivity index (χ0v) is 12.4. The van der Waals surface area contributed by atoms with Crippen molar-refractivity contribution in [2.75, 3.05) is 31.7 Å². The van der Waals surface area contributed by atoms with Gasteiger partial charge in [0, 0.05) is 36.9 Å². The van der Waals surface area contributed by atoms with Crippen LogP contribution in [-0.4, -0.2) is 26.8 Å². The molecule has 2 rings (SSSR count). The molecular formula is C14H21BrN2O. The lowest BCUT2D eigenvalue weighted by Gasteiger charge is -2.22. The Bertz CT molecular complexity index is 393. The lowest BCUT2D eigenvalue weighted by Crippen LogP contribution is -2.24. The molecule has 4 heteroatoms. The maximum atomic E-state index is 5.77. The molecule has 0 atom stereocenters. The van der Waals surface area contributed by atoms with Crippen LogP contribution in [0.5, 0.6) is 0 Å². The van der Waals surface area contributed by atoms with Crippen molar-refractivity contribution in [1.29, 1.82) is 0 Å². The molecular weight excluding hydrogens is 292 g/mol. The van der Waals surface area contributed by atoms with Crippen LogP contribution >= 0.6 is 15.9 Å². The van der Waals surface area contributed by atoms with Crippen LogP contribution in [0.2, 0.25) is 0 Å². The van der Waals surface area contributed by atoms with E-state index in [0.717, 1.165) is 30.1 Å². The van der Waals surface area contributed by atoms with Gasteiger partial charge in [0.25, 0.3) is 0 Å². The van der Waals surface area contributed by atoms with Crippen LogP contribution < -0.4 is 10.6 Å². The molecule has 0 bridgehead atoms. The Morgan fingerprint density at radius 1 is 1.44 bits per heavy atom. The molecule has 0 radical (unpaired) electrons. The smallest absolute Gasteiger partial charge is 0.0641 e. The van der Waals surface area contributed by atoms with Crippen molar-refractivity contribution in [3.8, 4) is 0 Å². The summed E-state index contributed by atoms with van der Waals surface area (Å²) in [5.74, 6) is 0.834. The van der Waals surface area contributed by atoms with Gasteiger partial charge in [-0.1, -0.05) is 22.0 Å². The van der Waals surface area contributed by atoms with Gasteiger partial charge in [0.2, 0.25) is 0 Å². The average Bonchev–Trinajstić information content (AvgIpc) is 3.18. The number of benzene rings is 1. The van der Waals surface area contributed by atoms with Crippen molar-refractivity contribution in [2.45, 2.75) is 19.4 Å². The molecule has 1 aliphatic rings. The molecule has 18 heavy (non-hydrogen) atoms. The van der Waals surface area contributed by atoms with E-state index in [9.17, 15) is 0 Å². The topological polar surface area (TPSA) is 38.5 Å². The zero-order valence-electron chi connectivity index (χ0n) is 10.9. The van der Waals surface area contributed by atoms with Gasteiger partial charge < -0.3 is 15.4 Å². The van der Waals surface area contributed by atoms with E-state index in [-0.39, 0.29) is 0 Å². The molecule has 0 aliphatic heterocycles. The van der Waals surface area contributed by atoms with Crippen LogP contribution in [0.25, 0.3) is 0 Å². The summed E-state index contributed by atoms with van der Waals surface area (Å²) < 4.78 is 6.75. The Morgan fingerprint density at radius 3 is 2.89 bits per heavy atom. The molecule has 0 heterocycles. The van der Waals surface area contributed by atoms with Crippen molar-refractivity contribution in [2.24, 2.45) is 11.7 Å². The predicted octanol–water partition coefficient (Wildman–Crippen LogP) is 2.77. The molecule has 0 spiro atoms. The second kappa shape index (κ2) is 6.55. The van der Waals surface area contributed by atoms with Gasteiger partial charge in [0.15, 0.2) is 0 Å². The highest BCUT2D eigenvalue weighted by Gasteiger charge is 2.21. The Kier molecular flexibility index (Phi) is 5.03. The standard InChI is InChI=1S/C14H21BrN2O/c1-17(6-7-18-10-11-2-3-11)14-8-13(15)5-4-12(14)9-16/h4-5,8,11H,2-3,6-7,9-10,16H2,1H3. The molecule has 1 aliphatic carbocycles. The minimum Gasteiger partial charge on any atom is -0.379 e. The monoisotopic (exact) mass is 312 g/mol. The van der Waals surface area contributed by atoms with Crippen molar-refractivity contribution in [1.82, 2.24) is 0 Å². The lowest BCUT2D eigenvalue weighted by molar-refractivity contribution is 0.131. The molecule has 3 nitrogen and oxygen atoms in total. The quantitative estimate of drug-likeness (QED) is 0.787. The van der Waals surface area contributed by atoms with Gasteiger partial charge >= 0.3 is 0 Å². The minimum absolute atomic E-state index is 0.565. The first-order chi connectivity index (χ1) is 8.70. The van der Waals surface area contributed by atoms with Crippen molar-refractivity contribution >= 4 is 21.6 Å². The van der Waals surface area contributed by atoms with Crippen LogP contribution in [0, 0.1) is 5.92 Å². The van der Waals surface area contributed by atoms with E-state index in [1.807, 2.05) is 6.07 Å². The fourth-order valence-electron chi connectivity index (χ4n) is 1.92. The molecule has 100 valence electrons. The highest BCUT2D eigenvalue weighted by Crippen LogP contribution is 2.29. The summed E-state index contributed by atoms with van der Waals surface area (Å²) in [5.41, 5.74) is 8.12. The fraction of sp³-hybridized carbons (Fsp3) is 0.571. The van der Waals surface area contributed by atoms with E-state index < -0.39 is 0 Å². The number of hydrogen-bond acceptors (Lipinski definition) is 3. The maximum absolute atomic E-state index is 5.77. The Labute approximate surface area is 117 Å². The highest BCUT2D eigenvalue weighted by atomic mass is 79.9. The fourth-order valence-corrected chi connectivity index (χ4v) is 2.27. The third-order valence-electron chi connectivity index (χ3n) is 3.30. The van der Waals surface area contributed by atoms with Gasteiger partial charge in [0.05, 0.1) is 6.61 Å². The van der Waals surface area contributed by atoms with E-state index in [2.05, 4.69) is 40.0 Å². The van der Waals surface area contributed by atoms with E-state index in [1.54, 1.807) is 0 Å². The molecule has 1 saturated carbocycles. The molecule has 0 saturated heterocycles. The number of ether oxygens (including phenoxy) is 1. The molecule has 2 N–H and O–H groups in total. The van der Waals surface area contributed by atoms with Gasteiger partial charge in [-0.15, -0.1) is 0 Å². The maximum Gasteiger partial charge on any atom is 0.0641 e. The second-order valence-electron chi connectivity index (χ2n) is 4.92. The van der Waals surface area contributed by atoms with Crippen LogP contribution in [0.15, 0.2) is 22.7 Å². The minimum atomic E-state index is 0.565. The number of hydrogen-bond donors (Lipinski definition) is 1. The Hall–Kier alpha value is -0.580. The summed E-state index contributed by atoms with van der Waals surface area (Å²) in [6, 6.07) is 6.22. The van der Waals surface area contributed by atoms with Gasteiger partial charge in [-0.3, -0.25) is 0 Å². The van der Waals surface area contributed by atoms with E-state index in [0.29, 0.717) is 6.54 Å². The molecule has 1 fully saturated rings. The summed E-state index contributed by atoms with van der Waals surface area (Å²) in [7, 11) is 2.08. The number of likely N-dealkylation sites (N-methyl/N-ethyl adjacent to an activating group) is 1. The zero-order chi connectivity index (χ0) is 13.0. The average molecular weight is 313 g/mol. The highest BCUT2D eigenvalue weighted by molar-refractivity contribution is 9.10. The SMILES string of the molecule is CN(CCOCC1CC1)c1cc(Br)ccc1CN. The van der Waals surface area contributed by atoms with E-state index in [1.165, 1.54) is 24.1 Å². The van der Waals surface area contributed by atoms with Gasteiger partial charge in [-0.2, -0.15) is 0 Å². The normalized spacial score (nSPS) is 14.8. The number of halogens is 1. The molecule has 1 aromatic carbocycles. The van der Waals surface area contributed by atoms with Crippen molar-refractivity contribution < 1.29 is 4.74 Å². The van der Waals surface area contributed by atoms with E-state index in [4.69, 9.17) is 10.5 Å². The summed E-state index contributed by atoms with van der Waals surface area (Å²) in [4.78, 5) is 2.21. The van der Waals surface area contributed by atoms with Crippen molar-refractivity contribution in [3.05, 3.63) is 28.2 Å². The van der Waals surface area contributed by atoms with Crippen LogP contribution in [-0.2, 0) is 11.3 Å². The van der Waals surface area contributed by atoms with Gasteiger partial charge in [-0.25, -0.2) is 0 Å². The second-order valence-corrected chi connectivity index (χ2v) is 5.83. The number of nitrogens with zero attached hydrogens (tertiary/aromatic N) is 1. The molecule has 0 aromatic heterocycles.